The summed E-state index contributed by atoms with van der Waals surface area (Å²) in [5, 5.41) is 4.17. The summed E-state index contributed by atoms with van der Waals surface area (Å²) in [6, 6.07) is 67.6. The third-order valence-electron chi connectivity index (χ3n) is 14.2. The quantitative estimate of drug-likeness (QED) is 0.152. The third kappa shape index (κ3) is 7.14. The predicted molar refractivity (Wildman–Crippen MR) is 307 cm³/mol. The lowest BCUT2D eigenvalue weighted by Gasteiger charge is -2.15. The number of benzene rings is 11. The molecular formula is C69H42N4O2. The lowest BCUT2D eigenvalue weighted by Crippen LogP contribution is -2.04. The molecule has 75 heavy (non-hydrogen) atoms. The van der Waals surface area contributed by atoms with Gasteiger partial charge in [-0.3, -0.25) is 0 Å². The first kappa shape index (κ1) is 35.9. The van der Waals surface area contributed by atoms with E-state index in [1.54, 1.807) is 16.7 Å². The molecule has 15 rings (SSSR count). The van der Waals surface area contributed by atoms with Crippen LogP contribution in [0.4, 0.5) is 0 Å². The highest BCUT2D eigenvalue weighted by molar-refractivity contribution is 6.14. The Morgan fingerprint density at radius 1 is 0.307 bits per heavy atom. The Hall–Kier alpha value is -10.2. The van der Waals surface area contributed by atoms with E-state index in [1.165, 1.54) is 6.07 Å². The SMILES string of the molecule is [2H]c1cc([2H])c2c(c1[2H])c1c([2H])c([2H])c([2H])c([2H])c1n2-c1ccccc1-c1nc(-c2cc(-c3ccccc3)cc(-c3ccccc3)c2)nc(-c2cccc(-c3cccc4c3oc3ccc(-c5cccc6c5oc5ccccc56)cc34)c2)n1. The number of aromatic nitrogens is 4. The first-order chi connectivity index (χ1) is 40.1. The largest absolute Gasteiger partial charge is 0.455 e. The number of hydrogen-bond acceptors (Lipinski definition) is 5. The first-order valence-corrected chi connectivity index (χ1v) is 24.7. The molecule has 6 nitrogen and oxygen atoms in total. The Morgan fingerprint density at radius 3 is 1.57 bits per heavy atom. The summed E-state index contributed by atoms with van der Waals surface area (Å²) >= 11 is 0. The number of nitrogens with zero attached hydrogens (tertiary/aromatic N) is 4. The minimum Gasteiger partial charge on any atom is -0.455 e. The Bertz CT molecular complexity index is 5090. The van der Waals surface area contributed by atoms with Crippen molar-refractivity contribution >= 4 is 65.7 Å². The fourth-order valence-electron chi connectivity index (χ4n) is 10.7. The molecule has 0 saturated carbocycles. The highest BCUT2D eigenvalue weighted by atomic mass is 16.3. The summed E-state index contributed by atoms with van der Waals surface area (Å²) in [4.78, 5) is 15.9. The molecule has 11 aromatic carbocycles. The van der Waals surface area contributed by atoms with Gasteiger partial charge in [-0.05, 0) is 100 Å². The molecule has 0 unspecified atom stereocenters. The van der Waals surface area contributed by atoms with Gasteiger partial charge >= 0.3 is 0 Å². The average Bonchev–Trinajstić information content (AvgIpc) is 3.34. The summed E-state index contributed by atoms with van der Waals surface area (Å²) in [7, 11) is 0. The van der Waals surface area contributed by atoms with Crippen LogP contribution in [-0.2, 0) is 0 Å². The molecule has 0 N–H and O–H groups in total. The highest BCUT2D eigenvalue weighted by Gasteiger charge is 2.22. The zero-order valence-corrected chi connectivity index (χ0v) is 39.8. The number of fused-ring (bicyclic) bond motifs is 9. The number of hydrogen-bond donors (Lipinski definition) is 0. The van der Waals surface area contributed by atoms with Crippen molar-refractivity contribution in [3.05, 3.63) is 255 Å². The Labute approximate surface area is 440 Å². The number of furan rings is 2. The summed E-state index contributed by atoms with van der Waals surface area (Å²) in [6.07, 6.45) is 0. The Balaban J connectivity index is 0.937. The maximum atomic E-state index is 9.32. The second-order valence-corrected chi connectivity index (χ2v) is 18.6. The monoisotopic (exact) mass is 965 g/mol. The van der Waals surface area contributed by atoms with Crippen molar-refractivity contribution in [2.24, 2.45) is 0 Å². The Morgan fingerprint density at radius 2 is 0.813 bits per heavy atom. The molecule has 350 valence electrons. The van der Waals surface area contributed by atoms with Crippen LogP contribution < -0.4 is 0 Å². The van der Waals surface area contributed by atoms with Crippen molar-refractivity contribution in [1.29, 1.82) is 0 Å². The molecule has 0 atom stereocenters. The van der Waals surface area contributed by atoms with Gasteiger partial charge in [-0.15, -0.1) is 0 Å². The van der Waals surface area contributed by atoms with Crippen LogP contribution in [0.25, 0.3) is 150 Å². The highest BCUT2D eigenvalue weighted by Crippen LogP contribution is 2.42. The molecule has 0 aliphatic heterocycles. The second kappa shape index (κ2) is 17.3. The van der Waals surface area contributed by atoms with E-state index >= 15 is 0 Å². The number of rotatable bonds is 8. The zero-order chi connectivity index (χ0) is 55.5. The summed E-state index contributed by atoms with van der Waals surface area (Å²) in [6.45, 7) is 0. The van der Waals surface area contributed by atoms with Crippen molar-refractivity contribution in [3.63, 3.8) is 0 Å². The predicted octanol–water partition coefficient (Wildman–Crippen LogP) is 18.4. The van der Waals surface area contributed by atoms with Gasteiger partial charge in [0.05, 0.1) is 26.3 Å². The van der Waals surface area contributed by atoms with E-state index in [-0.39, 0.29) is 57.8 Å². The van der Waals surface area contributed by atoms with Crippen LogP contribution in [-0.4, -0.2) is 19.5 Å². The van der Waals surface area contributed by atoms with E-state index in [0.29, 0.717) is 34.0 Å². The van der Waals surface area contributed by atoms with Gasteiger partial charge in [-0.1, -0.05) is 188 Å². The molecule has 6 heteroatoms. The minimum absolute atomic E-state index is 0.0450. The molecule has 0 amide bonds. The fourth-order valence-corrected chi connectivity index (χ4v) is 10.7. The average molecular weight is 966 g/mol. The van der Waals surface area contributed by atoms with Gasteiger partial charge in [0, 0.05) is 60.1 Å². The van der Waals surface area contributed by atoms with Crippen LogP contribution in [0.5, 0.6) is 0 Å². The second-order valence-electron chi connectivity index (χ2n) is 18.6. The fraction of sp³-hybridized carbons (Fsp3) is 0. The van der Waals surface area contributed by atoms with E-state index in [4.69, 9.17) is 30.6 Å². The standard InChI is InChI=1S/C69H42N4O2/c1-3-18-43(19-4-1)48-39-49(44-20-5-2-6-21-44)41-50(40-48)68-70-67(71-69(72-68)58-27-9-13-34-62(58)73-60-32-11-7-24-53(60)54-25-8-12-33-61(54)73)47-23-15-22-45(38-47)51-28-17-31-57-59-42-46(36-37-64(59)75-66(51)57)52-29-16-30-56-55-26-10-14-35-63(55)74-65(52)56/h1-42H/i7D,8D,11D,24D,25D,32D,33D. The maximum absolute atomic E-state index is 9.32. The van der Waals surface area contributed by atoms with Gasteiger partial charge < -0.3 is 13.4 Å². The van der Waals surface area contributed by atoms with E-state index in [9.17, 15) is 2.74 Å². The summed E-state index contributed by atoms with van der Waals surface area (Å²) in [5.41, 5.74) is 13.2. The normalized spacial score (nSPS) is 13.0. The summed E-state index contributed by atoms with van der Waals surface area (Å²) < 4.78 is 77.8. The maximum Gasteiger partial charge on any atom is 0.166 e. The molecule has 15 aromatic rings. The van der Waals surface area contributed by atoms with Gasteiger partial charge in [-0.25, -0.2) is 15.0 Å². The molecule has 0 spiro atoms. The molecule has 4 heterocycles. The van der Waals surface area contributed by atoms with E-state index < -0.39 is 12.1 Å². The van der Waals surface area contributed by atoms with Crippen LogP contribution in [0.3, 0.4) is 0 Å². The van der Waals surface area contributed by atoms with Crippen LogP contribution in [0.15, 0.2) is 263 Å². The first-order valence-electron chi connectivity index (χ1n) is 28.2. The van der Waals surface area contributed by atoms with Gasteiger partial charge in [0.2, 0.25) is 0 Å². The van der Waals surface area contributed by atoms with Crippen LogP contribution in [0.2, 0.25) is 0 Å². The summed E-state index contributed by atoms with van der Waals surface area (Å²) in [5.74, 6) is 0.953. The molecule has 0 fully saturated rings. The molecule has 4 aromatic heterocycles. The lowest BCUT2D eigenvalue weighted by molar-refractivity contribution is 0.669. The minimum atomic E-state index is -0.480. The van der Waals surface area contributed by atoms with Crippen molar-refractivity contribution in [3.8, 4) is 84.4 Å². The smallest absolute Gasteiger partial charge is 0.166 e. The lowest BCUT2D eigenvalue weighted by atomic mass is 9.95. The third-order valence-corrected chi connectivity index (χ3v) is 14.2. The van der Waals surface area contributed by atoms with Crippen LogP contribution in [0, 0.1) is 0 Å². The van der Waals surface area contributed by atoms with Crippen LogP contribution in [0.1, 0.15) is 9.60 Å². The van der Waals surface area contributed by atoms with E-state index in [0.717, 1.165) is 88.4 Å². The van der Waals surface area contributed by atoms with E-state index in [1.807, 2.05) is 109 Å². The van der Waals surface area contributed by atoms with Gasteiger partial charge in [0.1, 0.15) is 22.3 Å². The number of para-hydroxylation sites is 6. The van der Waals surface area contributed by atoms with Crippen molar-refractivity contribution in [1.82, 2.24) is 19.5 Å². The molecule has 0 radical (unpaired) electrons. The molecule has 0 aliphatic rings. The van der Waals surface area contributed by atoms with Gasteiger partial charge in [0.15, 0.2) is 17.5 Å². The van der Waals surface area contributed by atoms with Crippen molar-refractivity contribution < 1.29 is 18.4 Å². The van der Waals surface area contributed by atoms with Gasteiger partial charge in [0.25, 0.3) is 0 Å². The molecule has 0 aliphatic carbocycles. The molecular weight excluding hydrogens is 917 g/mol. The van der Waals surface area contributed by atoms with Crippen molar-refractivity contribution in [2.75, 3.05) is 0 Å². The topological polar surface area (TPSA) is 69.9 Å². The molecule has 0 saturated heterocycles. The van der Waals surface area contributed by atoms with Crippen LogP contribution >= 0.6 is 0 Å². The van der Waals surface area contributed by atoms with Crippen molar-refractivity contribution in [2.45, 2.75) is 0 Å². The van der Waals surface area contributed by atoms with Gasteiger partial charge in [-0.2, -0.15) is 0 Å². The zero-order valence-electron chi connectivity index (χ0n) is 46.8. The van der Waals surface area contributed by atoms with E-state index in [2.05, 4.69) is 84.9 Å². The Kier molecular flexibility index (Phi) is 8.25. The molecule has 0 bridgehead atoms.